The third-order valence-corrected chi connectivity index (χ3v) is 3.14. The molecule has 22 heavy (non-hydrogen) atoms. The van der Waals surface area contributed by atoms with Gasteiger partial charge in [-0.25, -0.2) is 14.8 Å². The summed E-state index contributed by atoms with van der Waals surface area (Å²) in [6, 6.07) is 8.30. The number of hydrogen-bond acceptors (Lipinski definition) is 4. The number of nitrogens with zero attached hydrogens (tertiary/aromatic N) is 2. The van der Waals surface area contributed by atoms with Crippen molar-refractivity contribution in [3.63, 3.8) is 0 Å². The molecule has 2 aromatic rings. The summed E-state index contributed by atoms with van der Waals surface area (Å²) in [5.74, 6) is -0.353. The standard InChI is InChI=1S/C16H17N3O3/c1-11-17-9-8-14(19-11)10-18-15(20)7-4-12-2-5-13(6-3-12)16(21)22/h2-3,5-6,8-9H,4,7,10H2,1H3,(H,18,20)(H,21,22). The first kappa shape index (κ1) is 15.6. The maximum Gasteiger partial charge on any atom is 0.335 e. The van der Waals surface area contributed by atoms with Crippen LogP contribution in [-0.2, 0) is 17.8 Å². The van der Waals surface area contributed by atoms with Gasteiger partial charge in [0.2, 0.25) is 5.91 Å². The fourth-order valence-corrected chi connectivity index (χ4v) is 1.95. The summed E-state index contributed by atoms with van der Waals surface area (Å²) in [5.41, 5.74) is 1.94. The molecule has 0 radical (unpaired) electrons. The molecule has 0 spiro atoms. The summed E-state index contributed by atoms with van der Waals surface area (Å²) in [6.07, 6.45) is 2.57. The van der Waals surface area contributed by atoms with Crippen molar-refractivity contribution in [3.05, 3.63) is 59.2 Å². The number of carboxylic acids is 1. The van der Waals surface area contributed by atoms with Crippen LogP contribution in [-0.4, -0.2) is 27.0 Å². The minimum Gasteiger partial charge on any atom is -0.478 e. The van der Waals surface area contributed by atoms with E-state index >= 15 is 0 Å². The first-order valence-corrected chi connectivity index (χ1v) is 6.92. The van der Waals surface area contributed by atoms with E-state index in [0.29, 0.717) is 25.2 Å². The molecule has 1 aromatic carbocycles. The van der Waals surface area contributed by atoms with Gasteiger partial charge < -0.3 is 10.4 Å². The Balaban J connectivity index is 1.79. The van der Waals surface area contributed by atoms with Gasteiger partial charge in [-0.05, 0) is 37.1 Å². The SMILES string of the molecule is Cc1nccc(CNC(=O)CCc2ccc(C(=O)O)cc2)n1. The third-order valence-electron chi connectivity index (χ3n) is 3.14. The van der Waals surface area contributed by atoms with Gasteiger partial charge in [0.25, 0.3) is 0 Å². The van der Waals surface area contributed by atoms with Crippen LogP contribution in [0.2, 0.25) is 0 Å². The molecular weight excluding hydrogens is 282 g/mol. The monoisotopic (exact) mass is 299 g/mol. The molecule has 6 nitrogen and oxygen atoms in total. The lowest BCUT2D eigenvalue weighted by Crippen LogP contribution is -2.23. The van der Waals surface area contributed by atoms with Crippen LogP contribution >= 0.6 is 0 Å². The Morgan fingerprint density at radius 2 is 1.91 bits per heavy atom. The number of benzene rings is 1. The molecule has 0 saturated carbocycles. The second-order valence-corrected chi connectivity index (χ2v) is 4.87. The molecule has 0 atom stereocenters. The van der Waals surface area contributed by atoms with E-state index in [2.05, 4.69) is 15.3 Å². The van der Waals surface area contributed by atoms with Crippen molar-refractivity contribution in [1.29, 1.82) is 0 Å². The summed E-state index contributed by atoms with van der Waals surface area (Å²) >= 11 is 0. The maximum atomic E-state index is 11.8. The predicted octanol–water partition coefficient (Wildman–Crippen LogP) is 1.73. The van der Waals surface area contributed by atoms with Gasteiger partial charge in [-0.3, -0.25) is 4.79 Å². The largest absolute Gasteiger partial charge is 0.478 e. The lowest BCUT2D eigenvalue weighted by Gasteiger charge is -2.05. The van der Waals surface area contributed by atoms with Gasteiger partial charge in [-0.2, -0.15) is 0 Å². The molecule has 0 unspecified atom stereocenters. The lowest BCUT2D eigenvalue weighted by molar-refractivity contribution is -0.121. The number of aromatic nitrogens is 2. The molecule has 0 aliphatic rings. The van der Waals surface area contributed by atoms with E-state index in [1.165, 1.54) is 0 Å². The van der Waals surface area contributed by atoms with E-state index in [1.54, 1.807) is 43.5 Å². The van der Waals surface area contributed by atoms with Crippen molar-refractivity contribution < 1.29 is 14.7 Å². The highest BCUT2D eigenvalue weighted by Gasteiger charge is 2.05. The fraction of sp³-hybridized carbons (Fsp3) is 0.250. The normalized spacial score (nSPS) is 10.2. The zero-order valence-electron chi connectivity index (χ0n) is 12.2. The molecule has 6 heteroatoms. The average molecular weight is 299 g/mol. The molecular formula is C16H17N3O3. The number of carbonyl (C=O) groups is 2. The minimum atomic E-state index is -0.954. The van der Waals surface area contributed by atoms with Crippen molar-refractivity contribution >= 4 is 11.9 Å². The fourth-order valence-electron chi connectivity index (χ4n) is 1.95. The first-order valence-electron chi connectivity index (χ1n) is 6.92. The van der Waals surface area contributed by atoms with Crippen molar-refractivity contribution in [3.8, 4) is 0 Å². The Labute approximate surface area is 128 Å². The van der Waals surface area contributed by atoms with Crippen LogP contribution in [0.4, 0.5) is 0 Å². The van der Waals surface area contributed by atoms with E-state index in [-0.39, 0.29) is 11.5 Å². The van der Waals surface area contributed by atoms with Crippen LogP contribution in [0, 0.1) is 6.92 Å². The van der Waals surface area contributed by atoms with E-state index in [4.69, 9.17) is 5.11 Å². The third kappa shape index (κ3) is 4.66. The quantitative estimate of drug-likeness (QED) is 0.847. The highest BCUT2D eigenvalue weighted by atomic mass is 16.4. The molecule has 0 aliphatic carbocycles. The number of aromatic carboxylic acids is 1. The molecule has 0 bridgehead atoms. The molecule has 0 aliphatic heterocycles. The molecule has 0 fully saturated rings. The van der Waals surface area contributed by atoms with Gasteiger partial charge >= 0.3 is 5.97 Å². The molecule has 1 amide bonds. The van der Waals surface area contributed by atoms with Crippen molar-refractivity contribution in [2.75, 3.05) is 0 Å². The summed E-state index contributed by atoms with van der Waals surface area (Å²) in [6.45, 7) is 2.17. The zero-order chi connectivity index (χ0) is 15.9. The number of carbonyl (C=O) groups excluding carboxylic acids is 1. The van der Waals surface area contributed by atoms with Crippen molar-refractivity contribution in [2.24, 2.45) is 0 Å². The van der Waals surface area contributed by atoms with Gasteiger partial charge in [0, 0.05) is 12.6 Å². The second kappa shape index (κ2) is 7.31. The molecule has 1 heterocycles. The van der Waals surface area contributed by atoms with Gasteiger partial charge in [-0.1, -0.05) is 12.1 Å². The van der Waals surface area contributed by atoms with Crippen LogP contribution < -0.4 is 5.32 Å². The minimum absolute atomic E-state index is 0.0708. The van der Waals surface area contributed by atoms with Crippen LogP contribution in [0.1, 0.15) is 33.9 Å². The van der Waals surface area contributed by atoms with E-state index in [1.807, 2.05) is 0 Å². The summed E-state index contributed by atoms with van der Waals surface area (Å²) in [5, 5.41) is 11.6. The number of aryl methyl sites for hydroxylation is 2. The van der Waals surface area contributed by atoms with E-state index in [9.17, 15) is 9.59 Å². The van der Waals surface area contributed by atoms with Gasteiger partial charge in [0.15, 0.2) is 0 Å². The van der Waals surface area contributed by atoms with Crippen LogP contribution in [0.3, 0.4) is 0 Å². The van der Waals surface area contributed by atoms with Gasteiger partial charge in [0.1, 0.15) is 5.82 Å². The highest BCUT2D eigenvalue weighted by molar-refractivity contribution is 5.87. The summed E-state index contributed by atoms with van der Waals surface area (Å²) in [7, 11) is 0. The lowest BCUT2D eigenvalue weighted by atomic mass is 10.1. The van der Waals surface area contributed by atoms with Crippen molar-refractivity contribution in [2.45, 2.75) is 26.3 Å². The molecule has 1 aromatic heterocycles. The number of hydrogen-bond donors (Lipinski definition) is 2. The Hall–Kier alpha value is -2.76. The Kier molecular flexibility index (Phi) is 5.19. The number of rotatable bonds is 6. The zero-order valence-corrected chi connectivity index (χ0v) is 12.2. The van der Waals surface area contributed by atoms with Crippen LogP contribution in [0.25, 0.3) is 0 Å². The van der Waals surface area contributed by atoms with Crippen molar-refractivity contribution in [1.82, 2.24) is 15.3 Å². The van der Waals surface area contributed by atoms with Crippen LogP contribution in [0.15, 0.2) is 36.5 Å². The maximum absolute atomic E-state index is 11.8. The highest BCUT2D eigenvalue weighted by Crippen LogP contribution is 2.07. The molecule has 2 rings (SSSR count). The average Bonchev–Trinajstić information content (AvgIpc) is 2.51. The summed E-state index contributed by atoms with van der Waals surface area (Å²) in [4.78, 5) is 30.8. The smallest absolute Gasteiger partial charge is 0.335 e. The number of amides is 1. The molecule has 114 valence electrons. The molecule has 2 N–H and O–H groups in total. The van der Waals surface area contributed by atoms with Gasteiger partial charge in [-0.15, -0.1) is 0 Å². The number of nitrogens with one attached hydrogen (secondary N) is 1. The van der Waals surface area contributed by atoms with E-state index in [0.717, 1.165) is 11.3 Å². The number of carboxylic acid groups (broad SMARTS) is 1. The van der Waals surface area contributed by atoms with Crippen LogP contribution in [0.5, 0.6) is 0 Å². The summed E-state index contributed by atoms with van der Waals surface area (Å²) < 4.78 is 0. The van der Waals surface area contributed by atoms with Gasteiger partial charge in [0.05, 0.1) is 17.8 Å². The Bertz CT molecular complexity index is 669. The predicted molar refractivity (Wildman–Crippen MR) is 80.3 cm³/mol. The first-order chi connectivity index (χ1) is 10.5. The second-order valence-electron chi connectivity index (χ2n) is 4.87. The molecule has 0 saturated heterocycles. The Morgan fingerprint density at radius 1 is 1.18 bits per heavy atom. The topological polar surface area (TPSA) is 92.2 Å². The Morgan fingerprint density at radius 3 is 2.55 bits per heavy atom. The van der Waals surface area contributed by atoms with E-state index < -0.39 is 5.97 Å².